The molecule has 0 fully saturated rings. The monoisotopic (exact) mass is 290 g/mol. The molecule has 0 atom stereocenters. The highest BCUT2D eigenvalue weighted by Crippen LogP contribution is 2.25. The second kappa shape index (κ2) is 5.53. The van der Waals surface area contributed by atoms with Gasteiger partial charge in [-0.1, -0.05) is 0 Å². The number of aromatic nitrogens is 1. The zero-order valence-electron chi connectivity index (χ0n) is 11.0. The Morgan fingerprint density at radius 3 is 2.76 bits per heavy atom. The lowest BCUT2D eigenvalue weighted by molar-refractivity contribution is -0.385. The van der Waals surface area contributed by atoms with Gasteiger partial charge in [-0.3, -0.25) is 19.9 Å². The number of carbonyl (C=O) groups excluding carboxylic acids is 1. The summed E-state index contributed by atoms with van der Waals surface area (Å²) in [6.45, 7) is 1.73. The number of aryl methyl sites for hydroxylation is 1. The molecule has 0 bridgehead atoms. The number of nitro groups is 1. The number of pyridine rings is 1. The molecule has 0 unspecified atom stereocenters. The number of hydrogen-bond donors (Lipinski definition) is 2. The number of nitrogens with one attached hydrogen (secondary N) is 1. The summed E-state index contributed by atoms with van der Waals surface area (Å²) in [7, 11) is 0. The third-order valence-electron chi connectivity index (χ3n) is 2.71. The largest absolute Gasteiger partial charge is 0.396 e. The zero-order valence-corrected chi connectivity index (χ0v) is 11.0. The van der Waals surface area contributed by atoms with E-state index < -0.39 is 22.3 Å². The van der Waals surface area contributed by atoms with Crippen LogP contribution in [0, 0.1) is 22.9 Å². The molecule has 7 nitrogen and oxygen atoms in total. The van der Waals surface area contributed by atoms with Gasteiger partial charge in [-0.25, -0.2) is 4.39 Å². The molecular formula is C13H11FN4O3. The Morgan fingerprint density at radius 1 is 1.43 bits per heavy atom. The van der Waals surface area contributed by atoms with E-state index in [1.54, 1.807) is 13.0 Å². The van der Waals surface area contributed by atoms with Crippen LogP contribution < -0.4 is 11.1 Å². The number of anilines is 2. The molecule has 2 rings (SSSR count). The predicted molar refractivity (Wildman–Crippen MR) is 74.4 cm³/mol. The highest BCUT2D eigenvalue weighted by atomic mass is 19.1. The minimum Gasteiger partial charge on any atom is -0.396 e. The maximum atomic E-state index is 13.3. The molecule has 1 aromatic heterocycles. The fourth-order valence-corrected chi connectivity index (χ4v) is 1.73. The molecule has 0 saturated carbocycles. The number of amides is 1. The molecule has 2 aromatic rings. The van der Waals surface area contributed by atoms with Crippen LogP contribution in [0.2, 0.25) is 0 Å². The zero-order chi connectivity index (χ0) is 15.6. The Morgan fingerprint density at radius 2 is 2.14 bits per heavy atom. The van der Waals surface area contributed by atoms with Crippen LogP contribution in [0.25, 0.3) is 0 Å². The van der Waals surface area contributed by atoms with Gasteiger partial charge < -0.3 is 11.1 Å². The van der Waals surface area contributed by atoms with Gasteiger partial charge in [-0.15, -0.1) is 0 Å². The van der Waals surface area contributed by atoms with E-state index in [2.05, 4.69) is 10.3 Å². The van der Waals surface area contributed by atoms with Crippen LogP contribution in [0.4, 0.5) is 21.5 Å². The van der Waals surface area contributed by atoms with Crippen molar-refractivity contribution >= 4 is 23.0 Å². The van der Waals surface area contributed by atoms with Crippen molar-refractivity contribution < 1.29 is 14.1 Å². The summed E-state index contributed by atoms with van der Waals surface area (Å²) in [5.41, 5.74) is 5.15. The van der Waals surface area contributed by atoms with Crippen LogP contribution in [0.5, 0.6) is 0 Å². The Hall–Kier alpha value is -3.03. The van der Waals surface area contributed by atoms with E-state index in [9.17, 15) is 19.3 Å². The van der Waals surface area contributed by atoms with Crippen LogP contribution in [0.15, 0.2) is 30.5 Å². The van der Waals surface area contributed by atoms with E-state index in [-0.39, 0.29) is 11.3 Å². The van der Waals surface area contributed by atoms with Crippen molar-refractivity contribution in [2.75, 3.05) is 11.1 Å². The second-order valence-corrected chi connectivity index (χ2v) is 4.29. The SMILES string of the molecule is Cc1cc(NC(=O)c2cc(N)c(F)cc2[N+](=O)[O-])ccn1. The summed E-state index contributed by atoms with van der Waals surface area (Å²) in [6, 6.07) is 4.69. The summed E-state index contributed by atoms with van der Waals surface area (Å²) in [4.78, 5) is 26.1. The van der Waals surface area contributed by atoms with Crippen LogP contribution >= 0.6 is 0 Å². The number of hydrogen-bond acceptors (Lipinski definition) is 5. The highest BCUT2D eigenvalue weighted by molar-refractivity contribution is 6.07. The van der Waals surface area contributed by atoms with Gasteiger partial charge in [-0.2, -0.15) is 0 Å². The lowest BCUT2D eigenvalue weighted by Crippen LogP contribution is -2.15. The normalized spacial score (nSPS) is 10.2. The fraction of sp³-hybridized carbons (Fsp3) is 0.0769. The number of nitrogen functional groups attached to an aromatic ring is 1. The molecule has 0 aliphatic heterocycles. The minimum absolute atomic E-state index is 0.312. The van der Waals surface area contributed by atoms with Crippen LogP contribution in [0.3, 0.4) is 0 Å². The van der Waals surface area contributed by atoms with Gasteiger partial charge in [0.15, 0.2) is 5.82 Å². The lowest BCUT2D eigenvalue weighted by Gasteiger charge is -2.07. The van der Waals surface area contributed by atoms with Gasteiger partial charge >= 0.3 is 0 Å². The van der Waals surface area contributed by atoms with Crippen molar-refractivity contribution in [1.82, 2.24) is 4.98 Å². The molecule has 1 heterocycles. The first kappa shape index (κ1) is 14.4. The molecule has 0 spiro atoms. The standard InChI is InChI=1S/C13H11FN4O3/c1-7-4-8(2-3-16-7)17-13(19)9-5-11(15)10(14)6-12(9)18(20)21/h2-6H,15H2,1H3,(H,16,17,19). The van der Waals surface area contributed by atoms with E-state index in [4.69, 9.17) is 5.73 Å². The van der Waals surface area contributed by atoms with Crippen LogP contribution in [-0.4, -0.2) is 15.8 Å². The Kier molecular flexibility index (Phi) is 3.79. The van der Waals surface area contributed by atoms with Gasteiger partial charge in [-0.05, 0) is 25.1 Å². The van der Waals surface area contributed by atoms with Gasteiger partial charge in [0.05, 0.1) is 16.7 Å². The first-order valence-electron chi connectivity index (χ1n) is 5.86. The van der Waals surface area contributed by atoms with Crippen molar-refractivity contribution in [2.45, 2.75) is 6.92 Å². The van der Waals surface area contributed by atoms with Crippen molar-refractivity contribution in [2.24, 2.45) is 0 Å². The number of carbonyl (C=O) groups is 1. The average molecular weight is 290 g/mol. The highest BCUT2D eigenvalue weighted by Gasteiger charge is 2.23. The lowest BCUT2D eigenvalue weighted by atomic mass is 10.1. The van der Waals surface area contributed by atoms with Gasteiger partial charge in [0.25, 0.3) is 11.6 Å². The number of nitrogens with two attached hydrogens (primary N) is 1. The van der Waals surface area contributed by atoms with E-state index in [1.807, 2.05) is 0 Å². The average Bonchev–Trinajstić information content (AvgIpc) is 2.41. The number of nitrogens with zero attached hydrogens (tertiary/aromatic N) is 2. The number of rotatable bonds is 3. The molecule has 0 radical (unpaired) electrons. The molecule has 0 aliphatic carbocycles. The van der Waals surface area contributed by atoms with Gasteiger partial charge in [0.2, 0.25) is 0 Å². The Balaban J connectivity index is 2.39. The summed E-state index contributed by atoms with van der Waals surface area (Å²) < 4.78 is 13.3. The Bertz CT molecular complexity index is 733. The Labute approximate surface area is 118 Å². The van der Waals surface area contributed by atoms with Crippen molar-refractivity contribution in [3.05, 3.63) is 57.7 Å². The summed E-state index contributed by atoms with van der Waals surface area (Å²) in [5.74, 6) is -1.70. The topological polar surface area (TPSA) is 111 Å². The number of halogens is 1. The molecule has 3 N–H and O–H groups in total. The van der Waals surface area contributed by atoms with Crippen molar-refractivity contribution in [3.8, 4) is 0 Å². The van der Waals surface area contributed by atoms with Crippen molar-refractivity contribution in [1.29, 1.82) is 0 Å². The van der Waals surface area contributed by atoms with Crippen molar-refractivity contribution in [3.63, 3.8) is 0 Å². The summed E-state index contributed by atoms with van der Waals surface area (Å²) >= 11 is 0. The second-order valence-electron chi connectivity index (χ2n) is 4.29. The van der Waals surface area contributed by atoms with E-state index in [0.29, 0.717) is 17.4 Å². The molecule has 8 heteroatoms. The minimum atomic E-state index is -0.946. The quantitative estimate of drug-likeness (QED) is 0.511. The molecule has 1 amide bonds. The molecular weight excluding hydrogens is 279 g/mol. The fourth-order valence-electron chi connectivity index (χ4n) is 1.73. The molecule has 108 valence electrons. The van der Waals surface area contributed by atoms with E-state index in [1.165, 1.54) is 12.3 Å². The third kappa shape index (κ3) is 3.11. The maximum absolute atomic E-state index is 13.3. The smallest absolute Gasteiger partial charge is 0.285 e. The van der Waals surface area contributed by atoms with Gasteiger partial charge in [0, 0.05) is 17.6 Å². The van der Waals surface area contributed by atoms with E-state index in [0.717, 1.165) is 6.07 Å². The molecule has 0 saturated heterocycles. The molecule has 21 heavy (non-hydrogen) atoms. The number of nitro benzene ring substituents is 1. The van der Waals surface area contributed by atoms with E-state index >= 15 is 0 Å². The van der Waals surface area contributed by atoms with Gasteiger partial charge in [0.1, 0.15) is 5.56 Å². The first-order valence-corrected chi connectivity index (χ1v) is 5.86. The number of benzene rings is 1. The van der Waals surface area contributed by atoms with Crippen LogP contribution in [-0.2, 0) is 0 Å². The maximum Gasteiger partial charge on any atom is 0.285 e. The van der Waals surface area contributed by atoms with Crippen LogP contribution in [0.1, 0.15) is 16.1 Å². The third-order valence-corrected chi connectivity index (χ3v) is 2.71. The molecule has 1 aromatic carbocycles. The predicted octanol–water partition coefficient (Wildman–Crippen LogP) is 2.27. The first-order chi connectivity index (χ1) is 9.88. The summed E-state index contributed by atoms with van der Waals surface area (Å²) in [6.07, 6.45) is 1.48. The molecule has 0 aliphatic rings. The summed E-state index contributed by atoms with van der Waals surface area (Å²) in [5, 5.41) is 13.4.